The maximum Gasteiger partial charge on any atom is 0.338 e. The molecule has 1 aliphatic heterocycles. The van der Waals surface area contributed by atoms with Gasteiger partial charge in [-0.05, 0) is 49.4 Å². The van der Waals surface area contributed by atoms with Crippen molar-refractivity contribution in [1.29, 1.82) is 0 Å². The van der Waals surface area contributed by atoms with Gasteiger partial charge in [-0.3, -0.25) is 4.79 Å². The molecule has 0 aliphatic carbocycles. The fourth-order valence-electron chi connectivity index (χ4n) is 3.14. The molecule has 29 heavy (non-hydrogen) atoms. The fraction of sp³-hybridized carbons (Fsp3) is 0.400. The van der Waals surface area contributed by atoms with Gasteiger partial charge in [0.25, 0.3) is 5.91 Å². The Kier molecular flexibility index (Phi) is 7.05. The van der Waals surface area contributed by atoms with Crippen LogP contribution >= 0.6 is 11.3 Å². The van der Waals surface area contributed by atoms with Crippen LogP contribution in [0.15, 0.2) is 46.7 Å². The number of carbonyl (C=O) groups is 2. The number of thiophene rings is 1. The zero-order chi connectivity index (χ0) is 20.9. The topological polar surface area (TPSA) is 92.8 Å². The summed E-state index contributed by atoms with van der Waals surface area (Å²) in [5.41, 5.74) is 0.0992. The second kappa shape index (κ2) is 9.51. The van der Waals surface area contributed by atoms with Crippen molar-refractivity contribution in [2.45, 2.75) is 37.1 Å². The standard InChI is InChI=1S/C20H24N2O5S2/c1-15(18-9-6-12-28-18)21-19(23)14-27-20(24)16-7-5-8-17(13-16)29(25,26)22-10-3-2-4-11-22/h5-9,12-13,15H,2-4,10-11,14H2,1H3,(H,21,23). The molecule has 1 amide bonds. The number of piperidine rings is 1. The number of benzene rings is 1. The third-order valence-corrected chi connectivity index (χ3v) is 7.65. The average Bonchev–Trinajstić information content (AvgIpc) is 3.28. The van der Waals surface area contributed by atoms with E-state index >= 15 is 0 Å². The van der Waals surface area contributed by atoms with E-state index in [-0.39, 0.29) is 16.5 Å². The molecule has 3 rings (SSSR count). The number of rotatable bonds is 7. The lowest BCUT2D eigenvalue weighted by Gasteiger charge is -2.25. The van der Waals surface area contributed by atoms with Crippen molar-refractivity contribution in [2.24, 2.45) is 0 Å². The van der Waals surface area contributed by atoms with Crippen LogP contribution in [0.4, 0.5) is 0 Å². The van der Waals surface area contributed by atoms with E-state index in [1.807, 2.05) is 24.4 Å². The lowest BCUT2D eigenvalue weighted by atomic mass is 10.2. The van der Waals surface area contributed by atoms with Crippen molar-refractivity contribution in [3.05, 3.63) is 52.2 Å². The van der Waals surface area contributed by atoms with Crippen LogP contribution in [0.25, 0.3) is 0 Å². The summed E-state index contributed by atoms with van der Waals surface area (Å²) in [6.07, 6.45) is 2.69. The average molecular weight is 437 g/mol. The van der Waals surface area contributed by atoms with Crippen molar-refractivity contribution in [1.82, 2.24) is 9.62 Å². The summed E-state index contributed by atoms with van der Waals surface area (Å²) in [6.45, 7) is 2.39. The number of hydrogen-bond acceptors (Lipinski definition) is 6. The quantitative estimate of drug-likeness (QED) is 0.674. The van der Waals surface area contributed by atoms with Crippen LogP contribution in [0.2, 0.25) is 0 Å². The molecule has 1 unspecified atom stereocenters. The van der Waals surface area contributed by atoms with Gasteiger partial charge in [-0.25, -0.2) is 13.2 Å². The highest BCUT2D eigenvalue weighted by Gasteiger charge is 2.26. The summed E-state index contributed by atoms with van der Waals surface area (Å²) in [5.74, 6) is -1.16. The molecule has 2 heterocycles. The van der Waals surface area contributed by atoms with E-state index in [0.29, 0.717) is 13.1 Å². The van der Waals surface area contributed by atoms with Gasteiger partial charge in [-0.1, -0.05) is 18.6 Å². The third kappa shape index (κ3) is 5.43. The molecule has 1 fully saturated rings. The predicted molar refractivity (Wildman–Crippen MR) is 110 cm³/mol. The number of ether oxygens (including phenoxy) is 1. The van der Waals surface area contributed by atoms with E-state index in [1.54, 1.807) is 0 Å². The smallest absolute Gasteiger partial charge is 0.338 e. The maximum atomic E-state index is 12.8. The minimum Gasteiger partial charge on any atom is -0.452 e. The SMILES string of the molecule is CC(NC(=O)COC(=O)c1cccc(S(=O)(=O)N2CCCCC2)c1)c1cccs1. The lowest BCUT2D eigenvalue weighted by Crippen LogP contribution is -2.35. The molecule has 0 bridgehead atoms. The highest BCUT2D eigenvalue weighted by molar-refractivity contribution is 7.89. The van der Waals surface area contributed by atoms with Crippen LogP contribution in [0.5, 0.6) is 0 Å². The lowest BCUT2D eigenvalue weighted by molar-refractivity contribution is -0.124. The Balaban J connectivity index is 1.60. The fourth-order valence-corrected chi connectivity index (χ4v) is 5.44. The number of carbonyl (C=O) groups excluding carboxylic acids is 2. The molecule has 0 radical (unpaired) electrons. The van der Waals surface area contributed by atoms with Gasteiger partial charge in [0.15, 0.2) is 6.61 Å². The van der Waals surface area contributed by atoms with E-state index in [9.17, 15) is 18.0 Å². The zero-order valence-electron chi connectivity index (χ0n) is 16.2. The third-order valence-electron chi connectivity index (χ3n) is 4.70. The van der Waals surface area contributed by atoms with Gasteiger partial charge < -0.3 is 10.1 Å². The van der Waals surface area contributed by atoms with Crippen molar-refractivity contribution < 1.29 is 22.7 Å². The Morgan fingerprint density at radius 1 is 1.17 bits per heavy atom. The van der Waals surface area contributed by atoms with Crippen LogP contribution in [-0.4, -0.2) is 44.3 Å². The summed E-state index contributed by atoms with van der Waals surface area (Å²) in [4.78, 5) is 25.4. The normalized spacial score (nSPS) is 16.2. The summed E-state index contributed by atoms with van der Waals surface area (Å²) in [7, 11) is -3.64. The first-order chi connectivity index (χ1) is 13.9. The molecule has 7 nitrogen and oxygen atoms in total. The number of amides is 1. The van der Waals surface area contributed by atoms with Gasteiger partial charge in [0.1, 0.15) is 0 Å². The number of esters is 1. The Labute approximate surface area is 174 Å². The highest BCUT2D eigenvalue weighted by Crippen LogP contribution is 2.22. The Bertz CT molecular complexity index is 951. The number of nitrogens with zero attached hydrogens (tertiary/aromatic N) is 1. The maximum absolute atomic E-state index is 12.8. The molecule has 156 valence electrons. The van der Waals surface area contributed by atoms with Crippen LogP contribution in [0, 0.1) is 0 Å². The van der Waals surface area contributed by atoms with Crippen LogP contribution < -0.4 is 5.32 Å². The van der Waals surface area contributed by atoms with Crippen molar-refractivity contribution in [3.63, 3.8) is 0 Å². The predicted octanol–water partition coefficient (Wildman–Crippen LogP) is 2.96. The first-order valence-corrected chi connectivity index (χ1v) is 11.8. The van der Waals surface area contributed by atoms with E-state index in [2.05, 4.69) is 5.32 Å². The van der Waals surface area contributed by atoms with Gasteiger partial charge in [0.2, 0.25) is 10.0 Å². The minimum atomic E-state index is -3.64. The van der Waals surface area contributed by atoms with E-state index < -0.39 is 28.5 Å². The summed E-state index contributed by atoms with van der Waals surface area (Å²) in [6, 6.07) is 9.38. The minimum absolute atomic E-state index is 0.0598. The van der Waals surface area contributed by atoms with Gasteiger partial charge in [0, 0.05) is 18.0 Å². The Morgan fingerprint density at radius 2 is 1.93 bits per heavy atom. The largest absolute Gasteiger partial charge is 0.452 e. The molecule has 0 saturated carbocycles. The first kappa shape index (κ1) is 21.5. The molecular formula is C20H24N2O5S2. The van der Waals surface area contributed by atoms with Crippen molar-refractivity contribution in [2.75, 3.05) is 19.7 Å². The molecule has 2 aromatic rings. The van der Waals surface area contributed by atoms with E-state index in [0.717, 1.165) is 24.1 Å². The van der Waals surface area contributed by atoms with Crippen molar-refractivity contribution in [3.8, 4) is 0 Å². The van der Waals surface area contributed by atoms with Crippen LogP contribution in [0.3, 0.4) is 0 Å². The molecule has 1 saturated heterocycles. The monoisotopic (exact) mass is 436 g/mol. The molecule has 1 aliphatic rings. The van der Waals surface area contributed by atoms with Crippen LogP contribution in [-0.2, 0) is 19.6 Å². The van der Waals surface area contributed by atoms with Crippen molar-refractivity contribution >= 4 is 33.2 Å². The van der Waals surface area contributed by atoms with E-state index in [1.165, 1.54) is 39.9 Å². The second-order valence-electron chi connectivity index (χ2n) is 6.87. The molecule has 1 atom stereocenters. The van der Waals surface area contributed by atoms with Gasteiger partial charge in [0.05, 0.1) is 16.5 Å². The molecule has 0 spiro atoms. The molecule has 1 aromatic heterocycles. The van der Waals surface area contributed by atoms with Gasteiger partial charge >= 0.3 is 5.97 Å². The zero-order valence-corrected chi connectivity index (χ0v) is 17.8. The number of nitrogens with one attached hydrogen (secondary N) is 1. The Hall–Kier alpha value is -2.23. The Morgan fingerprint density at radius 3 is 2.62 bits per heavy atom. The number of sulfonamides is 1. The highest BCUT2D eigenvalue weighted by atomic mass is 32.2. The first-order valence-electron chi connectivity index (χ1n) is 9.48. The summed E-state index contributed by atoms with van der Waals surface area (Å²) >= 11 is 1.53. The van der Waals surface area contributed by atoms with E-state index in [4.69, 9.17) is 4.74 Å². The molecular weight excluding hydrogens is 412 g/mol. The second-order valence-corrected chi connectivity index (χ2v) is 9.79. The molecule has 9 heteroatoms. The summed E-state index contributed by atoms with van der Waals surface area (Å²) < 4.78 is 32.1. The molecule has 1 aromatic carbocycles. The molecule has 1 N–H and O–H groups in total. The van der Waals surface area contributed by atoms with Gasteiger partial charge in [-0.15, -0.1) is 11.3 Å². The van der Waals surface area contributed by atoms with Crippen LogP contribution in [0.1, 0.15) is 47.5 Å². The number of hydrogen-bond donors (Lipinski definition) is 1. The summed E-state index contributed by atoms with van der Waals surface area (Å²) in [5, 5.41) is 4.68. The van der Waals surface area contributed by atoms with Gasteiger partial charge in [-0.2, -0.15) is 4.31 Å².